The summed E-state index contributed by atoms with van der Waals surface area (Å²) in [7, 11) is 0. The molecule has 1 aromatic carbocycles. The Bertz CT molecular complexity index is 836. The Hall–Kier alpha value is -0.980. The normalized spacial score (nSPS) is 11.1. The zero-order valence-corrected chi connectivity index (χ0v) is 13.9. The van der Waals surface area contributed by atoms with Crippen molar-refractivity contribution in [3.05, 3.63) is 49.7 Å². The van der Waals surface area contributed by atoms with Crippen LogP contribution in [0.25, 0.3) is 16.9 Å². The molecule has 6 heteroatoms. The van der Waals surface area contributed by atoms with Crippen LogP contribution in [0, 0.1) is 11.7 Å². The SMILES string of the molecule is Cc1ccc(-n2c(=S)[nH]c3cc(Br)cnc32)cc1Br. The first-order valence-corrected chi connectivity index (χ1v) is 7.58. The standard InChI is InChI=1S/C13H9Br2N3S/c1-7-2-3-9(5-10(7)15)18-12-11(17-13(18)19)4-8(14)6-16-12/h2-6H,1H3,(H,17,19). The third-order valence-electron chi connectivity index (χ3n) is 2.90. The molecule has 0 amide bonds. The average molecular weight is 399 g/mol. The molecule has 0 aliphatic heterocycles. The molecule has 19 heavy (non-hydrogen) atoms. The van der Waals surface area contributed by atoms with Crippen LogP contribution in [0.5, 0.6) is 0 Å². The molecule has 96 valence electrons. The molecule has 0 saturated heterocycles. The van der Waals surface area contributed by atoms with Crippen LogP contribution in [0.1, 0.15) is 5.56 Å². The molecule has 0 aliphatic rings. The molecular weight excluding hydrogens is 390 g/mol. The summed E-state index contributed by atoms with van der Waals surface area (Å²) in [5.74, 6) is 0. The van der Waals surface area contributed by atoms with Gasteiger partial charge in [0.1, 0.15) is 0 Å². The quantitative estimate of drug-likeness (QED) is 0.590. The maximum Gasteiger partial charge on any atom is 0.183 e. The highest BCUT2D eigenvalue weighted by Gasteiger charge is 2.09. The van der Waals surface area contributed by atoms with Gasteiger partial charge in [-0.3, -0.25) is 4.57 Å². The van der Waals surface area contributed by atoms with E-state index in [2.05, 4.69) is 54.8 Å². The minimum Gasteiger partial charge on any atom is -0.329 e. The van der Waals surface area contributed by atoms with Gasteiger partial charge in [0.2, 0.25) is 0 Å². The number of fused-ring (bicyclic) bond motifs is 1. The molecule has 0 spiro atoms. The van der Waals surface area contributed by atoms with Gasteiger partial charge in [-0.2, -0.15) is 0 Å². The van der Waals surface area contributed by atoms with Crippen LogP contribution in [0.4, 0.5) is 0 Å². The molecule has 3 aromatic rings. The molecule has 0 radical (unpaired) electrons. The molecule has 0 saturated carbocycles. The number of halogens is 2. The summed E-state index contributed by atoms with van der Waals surface area (Å²) in [6.07, 6.45) is 1.77. The molecule has 1 N–H and O–H groups in total. The van der Waals surface area contributed by atoms with Gasteiger partial charge in [-0.15, -0.1) is 0 Å². The lowest BCUT2D eigenvalue weighted by Gasteiger charge is -2.06. The highest BCUT2D eigenvalue weighted by molar-refractivity contribution is 9.10. The zero-order valence-electron chi connectivity index (χ0n) is 9.95. The molecule has 0 atom stereocenters. The number of hydrogen-bond donors (Lipinski definition) is 1. The summed E-state index contributed by atoms with van der Waals surface area (Å²) in [5.41, 5.74) is 3.91. The first-order chi connectivity index (χ1) is 9.06. The van der Waals surface area contributed by atoms with E-state index in [0.717, 1.165) is 25.8 Å². The molecule has 0 aliphatic carbocycles. The van der Waals surface area contributed by atoms with E-state index in [4.69, 9.17) is 12.2 Å². The minimum absolute atomic E-state index is 0.636. The van der Waals surface area contributed by atoms with Gasteiger partial charge < -0.3 is 4.98 Å². The maximum absolute atomic E-state index is 5.39. The van der Waals surface area contributed by atoms with Crippen LogP contribution in [0.15, 0.2) is 39.4 Å². The van der Waals surface area contributed by atoms with E-state index in [1.54, 1.807) is 6.20 Å². The number of pyridine rings is 1. The monoisotopic (exact) mass is 397 g/mol. The first-order valence-electron chi connectivity index (χ1n) is 5.59. The molecule has 0 bridgehead atoms. The second-order valence-electron chi connectivity index (χ2n) is 4.22. The van der Waals surface area contributed by atoms with Crippen LogP contribution < -0.4 is 0 Å². The van der Waals surface area contributed by atoms with Gasteiger partial charge in [-0.25, -0.2) is 4.98 Å². The van der Waals surface area contributed by atoms with Crippen LogP contribution in [0.3, 0.4) is 0 Å². The lowest BCUT2D eigenvalue weighted by molar-refractivity contribution is 1.04. The fourth-order valence-electron chi connectivity index (χ4n) is 1.93. The Labute approximate surface area is 131 Å². The number of aromatic amines is 1. The van der Waals surface area contributed by atoms with Gasteiger partial charge >= 0.3 is 0 Å². The van der Waals surface area contributed by atoms with Crippen molar-refractivity contribution in [1.29, 1.82) is 0 Å². The smallest absolute Gasteiger partial charge is 0.183 e. The third kappa shape index (κ3) is 2.28. The fourth-order valence-corrected chi connectivity index (χ4v) is 2.93. The molecule has 2 aromatic heterocycles. The second kappa shape index (κ2) is 4.85. The Kier molecular flexibility index (Phi) is 3.32. The van der Waals surface area contributed by atoms with Gasteiger partial charge in [-0.05, 0) is 58.8 Å². The van der Waals surface area contributed by atoms with Crippen molar-refractivity contribution in [1.82, 2.24) is 14.5 Å². The van der Waals surface area contributed by atoms with E-state index >= 15 is 0 Å². The first kappa shape index (κ1) is 13.0. The number of H-pyrrole nitrogens is 1. The summed E-state index contributed by atoms with van der Waals surface area (Å²) in [6.45, 7) is 2.05. The second-order valence-corrected chi connectivity index (χ2v) is 6.38. The van der Waals surface area contributed by atoms with E-state index in [0.29, 0.717) is 4.77 Å². The molecular formula is C13H9Br2N3S. The Morgan fingerprint density at radius 2 is 2.05 bits per heavy atom. The third-order valence-corrected chi connectivity index (χ3v) is 4.48. The number of aromatic nitrogens is 3. The van der Waals surface area contributed by atoms with Crippen molar-refractivity contribution in [3.63, 3.8) is 0 Å². The van der Waals surface area contributed by atoms with Crippen molar-refractivity contribution in [2.24, 2.45) is 0 Å². The minimum atomic E-state index is 0.636. The van der Waals surface area contributed by atoms with Gasteiger partial charge in [0, 0.05) is 15.1 Å². The summed E-state index contributed by atoms with van der Waals surface area (Å²) in [6, 6.07) is 8.10. The van der Waals surface area contributed by atoms with E-state index in [1.165, 1.54) is 5.56 Å². The van der Waals surface area contributed by atoms with Crippen molar-refractivity contribution in [2.75, 3.05) is 0 Å². The van der Waals surface area contributed by atoms with Gasteiger partial charge in [0.05, 0.1) is 11.2 Å². The number of nitrogens with one attached hydrogen (secondary N) is 1. The Morgan fingerprint density at radius 1 is 1.26 bits per heavy atom. The number of benzene rings is 1. The predicted octanol–water partition coefficient (Wildman–Crippen LogP) is 4.92. The lowest BCUT2D eigenvalue weighted by Crippen LogP contribution is -1.96. The molecule has 2 heterocycles. The lowest BCUT2D eigenvalue weighted by atomic mass is 10.2. The van der Waals surface area contributed by atoms with Crippen LogP contribution >= 0.6 is 44.1 Å². The van der Waals surface area contributed by atoms with Crippen molar-refractivity contribution < 1.29 is 0 Å². The van der Waals surface area contributed by atoms with E-state index in [1.807, 2.05) is 22.8 Å². The van der Waals surface area contributed by atoms with Gasteiger partial charge in [0.25, 0.3) is 0 Å². The zero-order chi connectivity index (χ0) is 13.6. The summed E-state index contributed by atoms with van der Waals surface area (Å²) < 4.78 is 4.55. The summed E-state index contributed by atoms with van der Waals surface area (Å²) in [4.78, 5) is 7.60. The number of aryl methyl sites for hydroxylation is 1. The Morgan fingerprint density at radius 3 is 2.79 bits per heavy atom. The average Bonchev–Trinajstić information content (AvgIpc) is 2.68. The van der Waals surface area contributed by atoms with E-state index in [-0.39, 0.29) is 0 Å². The topological polar surface area (TPSA) is 33.6 Å². The largest absolute Gasteiger partial charge is 0.329 e. The van der Waals surface area contributed by atoms with Crippen molar-refractivity contribution in [3.8, 4) is 5.69 Å². The maximum atomic E-state index is 5.39. The van der Waals surface area contributed by atoms with E-state index < -0.39 is 0 Å². The fraction of sp³-hybridized carbons (Fsp3) is 0.0769. The predicted molar refractivity (Wildman–Crippen MR) is 86.4 cm³/mol. The molecule has 0 unspecified atom stereocenters. The molecule has 0 fully saturated rings. The molecule has 3 rings (SSSR count). The highest BCUT2D eigenvalue weighted by atomic mass is 79.9. The van der Waals surface area contributed by atoms with Crippen molar-refractivity contribution >= 4 is 55.2 Å². The van der Waals surface area contributed by atoms with Crippen LogP contribution in [-0.4, -0.2) is 14.5 Å². The van der Waals surface area contributed by atoms with Crippen LogP contribution in [0.2, 0.25) is 0 Å². The highest BCUT2D eigenvalue weighted by Crippen LogP contribution is 2.24. The van der Waals surface area contributed by atoms with Crippen LogP contribution in [-0.2, 0) is 0 Å². The summed E-state index contributed by atoms with van der Waals surface area (Å²) in [5, 5.41) is 0. The van der Waals surface area contributed by atoms with Gasteiger partial charge in [0.15, 0.2) is 10.4 Å². The van der Waals surface area contributed by atoms with Gasteiger partial charge in [-0.1, -0.05) is 22.0 Å². The summed E-state index contributed by atoms with van der Waals surface area (Å²) >= 11 is 12.3. The molecule has 3 nitrogen and oxygen atoms in total. The number of imidazole rings is 1. The number of hydrogen-bond acceptors (Lipinski definition) is 2. The Balaban J connectivity index is 2.32. The van der Waals surface area contributed by atoms with E-state index in [9.17, 15) is 0 Å². The number of rotatable bonds is 1. The van der Waals surface area contributed by atoms with Crippen molar-refractivity contribution in [2.45, 2.75) is 6.92 Å². The number of nitrogens with zero attached hydrogens (tertiary/aromatic N) is 2.